The normalized spacial score (nSPS) is 20.4. The molecule has 1 unspecified atom stereocenters. The summed E-state index contributed by atoms with van der Waals surface area (Å²) in [4.78, 5) is 4.16. The van der Waals surface area contributed by atoms with Crippen molar-refractivity contribution < 1.29 is 14.2 Å². The lowest BCUT2D eigenvalue weighted by Gasteiger charge is -2.33. The monoisotopic (exact) mass is 285 g/mol. The number of aromatic hydroxyl groups is 1. The molecule has 1 aliphatic rings. The zero-order valence-corrected chi connectivity index (χ0v) is 11.9. The van der Waals surface area contributed by atoms with Crippen molar-refractivity contribution in [3.63, 3.8) is 0 Å². The largest absolute Gasteiger partial charge is 0.508 e. The third kappa shape index (κ3) is 2.49. The Bertz CT molecular complexity index is 709. The van der Waals surface area contributed by atoms with Gasteiger partial charge in [0.15, 0.2) is 0 Å². The highest BCUT2D eigenvalue weighted by Gasteiger charge is 2.30. The van der Waals surface area contributed by atoms with E-state index in [2.05, 4.69) is 4.98 Å². The molecule has 21 heavy (non-hydrogen) atoms. The van der Waals surface area contributed by atoms with Crippen molar-refractivity contribution in [1.82, 2.24) is 4.98 Å². The maximum atomic E-state index is 13.1. The topological polar surface area (TPSA) is 42.4 Å². The molecule has 0 spiro atoms. The third-order valence-electron chi connectivity index (χ3n) is 3.75. The molecule has 3 nitrogen and oxygen atoms in total. The summed E-state index contributed by atoms with van der Waals surface area (Å²) in [6, 6.07) is 8.03. The highest BCUT2D eigenvalue weighted by Crippen LogP contribution is 2.41. The van der Waals surface area contributed by atoms with Crippen molar-refractivity contribution >= 4 is 5.57 Å². The van der Waals surface area contributed by atoms with Crippen LogP contribution in [0.5, 0.6) is 11.5 Å². The standard InChI is InChI=1S/C17H16FNO2/c1-3-17(2)9-14(15-7-4-11(18)10-19-15)13-6-5-12(20)8-16(13)21-17/h4-10,20H,3H2,1-2H3. The fraction of sp³-hybridized carbons (Fsp3) is 0.235. The number of aromatic nitrogens is 1. The summed E-state index contributed by atoms with van der Waals surface area (Å²) >= 11 is 0. The highest BCUT2D eigenvalue weighted by molar-refractivity contribution is 5.83. The van der Waals surface area contributed by atoms with Gasteiger partial charge in [0.25, 0.3) is 0 Å². The van der Waals surface area contributed by atoms with E-state index in [1.807, 2.05) is 19.9 Å². The first-order valence-electron chi connectivity index (χ1n) is 6.88. The van der Waals surface area contributed by atoms with Gasteiger partial charge in [-0.2, -0.15) is 0 Å². The van der Waals surface area contributed by atoms with Gasteiger partial charge in [-0.1, -0.05) is 6.92 Å². The van der Waals surface area contributed by atoms with Crippen LogP contribution in [0.1, 0.15) is 31.5 Å². The Hall–Kier alpha value is -2.36. The van der Waals surface area contributed by atoms with Crippen LogP contribution >= 0.6 is 0 Å². The molecule has 3 rings (SSSR count). The summed E-state index contributed by atoms with van der Waals surface area (Å²) in [5, 5.41) is 9.66. The number of halogens is 1. The van der Waals surface area contributed by atoms with E-state index in [-0.39, 0.29) is 11.6 Å². The molecule has 0 saturated carbocycles. The fourth-order valence-corrected chi connectivity index (χ4v) is 2.40. The molecule has 0 bridgehead atoms. The summed E-state index contributed by atoms with van der Waals surface area (Å²) in [5.41, 5.74) is 1.94. The average molecular weight is 285 g/mol. The first kappa shape index (κ1) is 13.6. The number of rotatable bonds is 2. The van der Waals surface area contributed by atoms with Crippen molar-refractivity contribution in [3.8, 4) is 11.5 Å². The van der Waals surface area contributed by atoms with Crippen LogP contribution < -0.4 is 4.74 Å². The van der Waals surface area contributed by atoms with E-state index >= 15 is 0 Å². The number of hydrogen-bond acceptors (Lipinski definition) is 3. The molecule has 108 valence electrons. The minimum Gasteiger partial charge on any atom is -0.508 e. The number of phenolic OH excluding ortho intramolecular Hbond substituents is 1. The van der Waals surface area contributed by atoms with Crippen molar-refractivity contribution in [2.75, 3.05) is 0 Å². The van der Waals surface area contributed by atoms with Crippen molar-refractivity contribution in [2.45, 2.75) is 25.9 Å². The van der Waals surface area contributed by atoms with Gasteiger partial charge in [0.05, 0.1) is 11.9 Å². The molecule has 1 atom stereocenters. The summed E-state index contributed by atoms with van der Waals surface area (Å²) in [5.74, 6) is 0.402. The summed E-state index contributed by atoms with van der Waals surface area (Å²) in [7, 11) is 0. The molecule has 1 aromatic carbocycles. The highest BCUT2D eigenvalue weighted by atomic mass is 19.1. The molecule has 0 fully saturated rings. The Labute approximate surface area is 122 Å². The van der Waals surface area contributed by atoms with Crippen LogP contribution in [0.2, 0.25) is 0 Å². The fourth-order valence-electron chi connectivity index (χ4n) is 2.40. The van der Waals surface area contributed by atoms with E-state index in [0.717, 1.165) is 17.6 Å². The van der Waals surface area contributed by atoms with Gasteiger partial charge in [-0.25, -0.2) is 4.39 Å². The number of phenols is 1. The molecule has 0 aliphatic carbocycles. The number of pyridine rings is 1. The van der Waals surface area contributed by atoms with Crippen LogP contribution in [0.15, 0.2) is 42.6 Å². The molecule has 1 aliphatic heterocycles. The van der Waals surface area contributed by atoms with E-state index in [9.17, 15) is 9.50 Å². The number of hydrogen-bond donors (Lipinski definition) is 1. The Balaban J connectivity index is 2.18. The Morgan fingerprint density at radius 1 is 1.29 bits per heavy atom. The minimum absolute atomic E-state index is 0.153. The van der Waals surface area contributed by atoms with Crippen LogP contribution in [-0.2, 0) is 0 Å². The Morgan fingerprint density at radius 2 is 2.10 bits per heavy atom. The zero-order chi connectivity index (χ0) is 15.0. The quantitative estimate of drug-likeness (QED) is 0.909. The average Bonchev–Trinajstić information content (AvgIpc) is 2.47. The van der Waals surface area contributed by atoms with Gasteiger partial charge < -0.3 is 9.84 Å². The van der Waals surface area contributed by atoms with Crippen LogP contribution in [0.3, 0.4) is 0 Å². The van der Waals surface area contributed by atoms with Gasteiger partial charge in [-0.05, 0) is 43.7 Å². The lowest BCUT2D eigenvalue weighted by Crippen LogP contribution is -2.32. The number of fused-ring (bicyclic) bond motifs is 1. The predicted molar refractivity (Wildman–Crippen MR) is 78.7 cm³/mol. The first-order chi connectivity index (χ1) is 10.0. The minimum atomic E-state index is -0.480. The smallest absolute Gasteiger partial charge is 0.141 e. The van der Waals surface area contributed by atoms with E-state index in [4.69, 9.17) is 4.74 Å². The zero-order valence-electron chi connectivity index (χ0n) is 11.9. The molecule has 2 heterocycles. The van der Waals surface area contributed by atoms with Crippen molar-refractivity contribution in [2.24, 2.45) is 0 Å². The molecular formula is C17H16FNO2. The number of nitrogens with zero attached hydrogens (tertiary/aromatic N) is 1. The number of benzene rings is 1. The lowest BCUT2D eigenvalue weighted by molar-refractivity contribution is 0.132. The second-order valence-electron chi connectivity index (χ2n) is 5.37. The Kier molecular flexibility index (Phi) is 3.16. The second-order valence-corrected chi connectivity index (χ2v) is 5.37. The molecular weight excluding hydrogens is 269 g/mol. The van der Waals surface area contributed by atoms with Gasteiger partial charge in [0, 0.05) is 17.2 Å². The lowest BCUT2D eigenvalue weighted by atomic mass is 9.90. The van der Waals surface area contributed by atoms with E-state index in [1.54, 1.807) is 24.3 Å². The van der Waals surface area contributed by atoms with Crippen molar-refractivity contribution in [1.29, 1.82) is 0 Å². The van der Waals surface area contributed by atoms with Crippen LogP contribution in [0, 0.1) is 5.82 Å². The summed E-state index contributed by atoms with van der Waals surface area (Å²) in [6.07, 6.45) is 3.98. The SMILES string of the molecule is CCC1(C)C=C(c2ccc(F)cn2)c2ccc(O)cc2O1. The van der Waals surface area contributed by atoms with Gasteiger partial charge in [-0.3, -0.25) is 4.98 Å². The number of ether oxygens (including phenoxy) is 1. The van der Waals surface area contributed by atoms with Crippen LogP contribution in [-0.4, -0.2) is 15.7 Å². The maximum absolute atomic E-state index is 13.1. The van der Waals surface area contributed by atoms with Gasteiger partial charge >= 0.3 is 0 Å². The van der Waals surface area contributed by atoms with Gasteiger partial charge in [0.1, 0.15) is 22.9 Å². The molecule has 4 heteroatoms. The van der Waals surface area contributed by atoms with Gasteiger partial charge in [0.2, 0.25) is 0 Å². The van der Waals surface area contributed by atoms with E-state index < -0.39 is 5.60 Å². The summed E-state index contributed by atoms with van der Waals surface area (Å²) < 4.78 is 19.1. The Morgan fingerprint density at radius 3 is 2.76 bits per heavy atom. The molecule has 0 amide bonds. The molecule has 1 aromatic heterocycles. The molecule has 0 radical (unpaired) electrons. The first-order valence-corrected chi connectivity index (χ1v) is 6.88. The van der Waals surface area contributed by atoms with Crippen LogP contribution in [0.25, 0.3) is 5.57 Å². The van der Waals surface area contributed by atoms with Gasteiger partial charge in [-0.15, -0.1) is 0 Å². The van der Waals surface area contributed by atoms with E-state index in [0.29, 0.717) is 11.4 Å². The molecule has 0 saturated heterocycles. The third-order valence-corrected chi connectivity index (χ3v) is 3.75. The molecule has 2 aromatic rings. The summed E-state index contributed by atoms with van der Waals surface area (Å²) in [6.45, 7) is 4.00. The molecule has 1 N–H and O–H groups in total. The second kappa shape index (κ2) is 4.88. The van der Waals surface area contributed by atoms with Crippen LogP contribution in [0.4, 0.5) is 4.39 Å². The predicted octanol–water partition coefficient (Wildman–Crippen LogP) is 3.92. The van der Waals surface area contributed by atoms with E-state index in [1.165, 1.54) is 12.3 Å². The van der Waals surface area contributed by atoms with Crippen molar-refractivity contribution in [3.05, 3.63) is 59.7 Å². The maximum Gasteiger partial charge on any atom is 0.141 e.